The predicted molar refractivity (Wildman–Crippen MR) is 85.2 cm³/mol. The molecule has 6 nitrogen and oxygen atoms in total. The summed E-state index contributed by atoms with van der Waals surface area (Å²) in [6.07, 6.45) is 4.66. The van der Waals surface area contributed by atoms with Gasteiger partial charge in [-0.1, -0.05) is 11.8 Å². The van der Waals surface area contributed by atoms with Crippen molar-refractivity contribution in [1.29, 1.82) is 0 Å². The highest BCUT2D eigenvalue weighted by atomic mass is 32.2. The molecule has 0 aliphatic heterocycles. The number of nitrogens with zero attached hydrogens (tertiary/aromatic N) is 4. The maximum absolute atomic E-state index is 12.1. The van der Waals surface area contributed by atoms with Crippen molar-refractivity contribution >= 4 is 39.3 Å². The molecule has 0 aliphatic rings. The van der Waals surface area contributed by atoms with Gasteiger partial charge in [-0.3, -0.25) is 4.98 Å². The van der Waals surface area contributed by atoms with Crippen LogP contribution in [-0.2, 0) is 6.54 Å². The highest BCUT2D eigenvalue weighted by molar-refractivity contribution is 8.00. The Balaban J connectivity index is 1.71. The highest BCUT2D eigenvalue weighted by Gasteiger charge is 2.10. The number of thiazole rings is 1. The topological polar surface area (TPSA) is 72.8 Å². The van der Waals surface area contributed by atoms with Crippen molar-refractivity contribution in [2.24, 2.45) is 0 Å². The number of rotatable bonds is 6. The third kappa shape index (κ3) is 3.82. The van der Waals surface area contributed by atoms with Gasteiger partial charge in [-0.15, -0.1) is 11.3 Å². The lowest BCUT2D eigenvalue weighted by atomic mass is 10.3. The molecule has 0 aromatic carbocycles. The summed E-state index contributed by atoms with van der Waals surface area (Å²) in [5.74, 6) is 0.697. The van der Waals surface area contributed by atoms with E-state index in [0.29, 0.717) is 23.7 Å². The smallest absolute Gasteiger partial charge is 0.387 e. The van der Waals surface area contributed by atoms with Crippen molar-refractivity contribution in [3.8, 4) is 5.75 Å². The minimum atomic E-state index is -2.85. The van der Waals surface area contributed by atoms with Crippen molar-refractivity contribution < 1.29 is 13.5 Å². The van der Waals surface area contributed by atoms with E-state index in [-0.39, 0.29) is 5.75 Å². The van der Waals surface area contributed by atoms with E-state index >= 15 is 0 Å². The van der Waals surface area contributed by atoms with Gasteiger partial charge in [0.15, 0.2) is 9.99 Å². The fourth-order valence-electron chi connectivity index (χ4n) is 1.81. The quantitative estimate of drug-likeness (QED) is 0.679. The number of nitrogens with one attached hydrogen (secondary N) is 1. The maximum atomic E-state index is 12.1. The van der Waals surface area contributed by atoms with Gasteiger partial charge in [-0.05, 0) is 18.4 Å². The number of pyridine rings is 1. The normalized spacial score (nSPS) is 11.1. The van der Waals surface area contributed by atoms with Crippen LogP contribution in [0.15, 0.2) is 29.0 Å². The van der Waals surface area contributed by atoms with Crippen molar-refractivity contribution in [3.05, 3.63) is 30.4 Å². The van der Waals surface area contributed by atoms with Crippen LogP contribution >= 0.6 is 23.1 Å². The first-order chi connectivity index (χ1) is 11.2. The standard InChI is InChI=1S/C13H11F2N5OS2/c1-22-13-20-11-9(23-13)10(18-6-19-11)17-4-7-2-3-8(5-16-7)21-12(14)15/h2-3,5-6,12H,4H2,1H3,(H,17,18,19). The molecule has 0 saturated carbocycles. The molecule has 0 unspecified atom stereocenters. The largest absolute Gasteiger partial charge is 0.433 e. The number of aromatic nitrogens is 4. The van der Waals surface area contributed by atoms with E-state index in [0.717, 1.165) is 9.04 Å². The molecule has 23 heavy (non-hydrogen) atoms. The summed E-state index contributed by atoms with van der Waals surface area (Å²) in [4.78, 5) is 16.8. The summed E-state index contributed by atoms with van der Waals surface area (Å²) in [5.41, 5.74) is 1.32. The number of hydrogen-bond acceptors (Lipinski definition) is 8. The van der Waals surface area contributed by atoms with Crippen molar-refractivity contribution in [2.45, 2.75) is 17.5 Å². The lowest BCUT2D eigenvalue weighted by Crippen LogP contribution is -2.05. The molecule has 3 aromatic heterocycles. The molecular formula is C13H11F2N5OS2. The Kier molecular flexibility index (Phi) is 4.82. The molecule has 1 N–H and O–H groups in total. The minimum Gasteiger partial charge on any atom is -0.433 e. The summed E-state index contributed by atoms with van der Waals surface area (Å²) >= 11 is 3.06. The zero-order valence-corrected chi connectivity index (χ0v) is 13.5. The molecule has 0 radical (unpaired) electrons. The first kappa shape index (κ1) is 15.8. The first-order valence-electron chi connectivity index (χ1n) is 6.45. The van der Waals surface area contributed by atoms with Gasteiger partial charge >= 0.3 is 6.61 Å². The number of hydrogen-bond donors (Lipinski definition) is 1. The van der Waals surface area contributed by atoms with E-state index < -0.39 is 6.61 Å². The number of alkyl halides is 2. The first-order valence-corrected chi connectivity index (χ1v) is 8.49. The van der Waals surface area contributed by atoms with Gasteiger partial charge in [0.25, 0.3) is 0 Å². The van der Waals surface area contributed by atoms with Gasteiger partial charge in [0.2, 0.25) is 0 Å². The SMILES string of the molecule is CSc1nc2ncnc(NCc3ccc(OC(F)F)cn3)c2s1. The van der Waals surface area contributed by atoms with Crippen LogP contribution in [0.25, 0.3) is 10.3 Å². The third-order valence-corrected chi connectivity index (χ3v) is 4.84. The van der Waals surface area contributed by atoms with Gasteiger partial charge in [0.1, 0.15) is 22.6 Å². The lowest BCUT2D eigenvalue weighted by molar-refractivity contribution is -0.0500. The number of halogens is 2. The number of thioether (sulfide) groups is 1. The molecule has 0 spiro atoms. The second kappa shape index (κ2) is 7.01. The predicted octanol–water partition coefficient (Wildman–Crippen LogP) is 3.42. The van der Waals surface area contributed by atoms with Crippen LogP contribution in [0.4, 0.5) is 14.6 Å². The Labute approximate surface area is 138 Å². The van der Waals surface area contributed by atoms with Crippen LogP contribution in [0.5, 0.6) is 5.75 Å². The van der Waals surface area contributed by atoms with Crippen LogP contribution in [0.2, 0.25) is 0 Å². The number of anilines is 1. The molecule has 10 heteroatoms. The maximum Gasteiger partial charge on any atom is 0.387 e. The zero-order chi connectivity index (χ0) is 16.2. The Morgan fingerprint density at radius 1 is 1.30 bits per heavy atom. The van der Waals surface area contributed by atoms with Crippen molar-refractivity contribution in [2.75, 3.05) is 11.6 Å². The van der Waals surface area contributed by atoms with E-state index in [1.54, 1.807) is 17.8 Å². The summed E-state index contributed by atoms with van der Waals surface area (Å²) in [5, 5.41) is 3.16. The van der Waals surface area contributed by atoms with Crippen molar-refractivity contribution in [1.82, 2.24) is 19.9 Å². The fraction of sp³-hybridized carbons (Fsp3) is 0.231. The van der Waals surface area contributed by atoms with E-state index in [1.807, 2.05) is 6.26 Å². The zero-order valence-electron chi connectivity index (χ0n) is 11.9. The van der Waals surface area contributed by atoms with Gasteiger partial charge in [-0.2, -0.15) is 8.78 Å². The fourth-order valence-corrected chi connectivity index (χ4v) is 3.29. The second-order valence-corrected chi connectivity index (χ2v) is 6.33. The van der Waals surface area contributed by atoms with E-state index in [4.69, 9.17) is 0 Å². The van der Waals surface area contributed by atoms with Gasteiger partial charge in [-0.25, -0.2) is 15.0 Å². The number of ether oxygens (including phenoxy) is 1. The Morgan fingerprint density at radius 2 is 2.17 bits per heavy atom. The minimum absolute atomic E-state index is 0.0280. The van der Waals surface area contributed by atoms with Gasteiger partial charge in [0, 0.05) is 0 Å². The van der Waals surface area contributed by atoms with Crippen molar-refractivity contribution in [3.63, 3.8) is 0 Å². The Hall–Kier alpha value is -2.07. The van der Waals surface area contributed by atoms with Crippen LogP contribution in [0, 0.1) is 0 Å². The number of fused-ring (bicyclic) bond motifs is 1. The molecule has 0 aliphatic carbocycles. The molecule has 3 heterocycles. The van der Waals surface area contributed by atoms with Gasteiger partial charge < -0.3 is 10.1 Å². The summed E-state index contributed by atoms with van der Waals surface area (Å²) in [7, 11) is 0. The average molecular weight is 355 g/mol. The Bertz CT molecular complexity index is 797. The van der Waals surface area contributed by atoms with Crippen LogP contribution in [0.1, 0.15) is 5.69 Å². The summed E-state index contributed by atoms with van der Waals surface area (Å²) in [6, 6.07) is 3.06. The Morgan fingerprint density at radius 3 is 2.87 bits per heavy atom. The third-order valence-electron chi connectivity index (χ3n) is 2.81. The highest BCUT2D eigenvalue weighted by Crippen LogP contribution is 2.31. The molecule has 0 saturated heterocycles. The molecule has 0 fully saturated rings. The van der Waals surface area contributed by atoms with Crippen LogP contribution < -0.4 is 10.1 Å². The molecule has 3 rings (SSSR count). The average Bonchev–Trinajstić information content (AvgIpc) is 2.97. The van der Waals surface area contributed by atoms with Gasteiger partial charge in [0.05, 0.1) is 18.4 Å². The molecule has 0 bridgehead atoms. The van der Waals surface area contributed by atoms with E-state index in [2.05, 4.69) is 30.0 Å². The molecular weight excluding hydrogens is 344 g/mol. The van der Waals surface area contributed by atoms with E-state index in [9.17, 15) is 8.78 Å². The van der Waals surface area contributed by atoms with E-state index in [1.165, 1.54) is 29.9 Å². The summed E-state index contributed by atoms with van der Waals surface area (Å²) < 4.78 is 30.2. The van der Waals surface area contributed by atoms with Crippen LogP contribution in [-0.4, -0.2) is 32.8 Å². The summed E-state index contributed by atoms with van der Waals surface area (Å²) in [6.45, 7) is -2.46. The molecule has 3 aromatic rings. The second-order valence-electron chi connectivity index (χ2n) is 4.28. The molecule has 120 valence electrons. The molecule has 0 atom stereocenters. The molecule has 0 amide bonds. The van der Waals surface area contributed by atoms with Crippen LogP contribution in [0.3, 0.4) is 0 Å². The lowest BCUT2D eigenvalue weighted by Gasteiger charge is -2.07. The monoisotopic (exact) mass is 355 g/mol.